The Morgan fingerprint density at radius 2 is 1.24 bits per heavy atom. The van der Waals surface area contributed by atoms with Crippen molar-refractivity contribution >= 4 is 5.69 Å². The number of nitrogens with zero attached hydrogens (tertiary/aromatic N) is 1. The van der Waals surface area contributed by atoms with Crippen LogP contribution in [0.15, 0.2) is 78.9 Å². The molecule has 128 valence electrons. The third kappa shape index (κ3) is 4.32. The van der Waals surface area contributed by atoms with E-state index < -0.39 is 0 Å². The predicted octanol–water partition coefficient (Wildman–Crippen LogP) is 4.91. The number of anilines is 1. The van der Waals surface area contributed by atoms with Gasteiger partial charge in [-0.3, -0.25) is 0 Å². The predicted molar refractivity (Wildman–Crippen MR) is 102 cm³/mol. The lowest BCUT2D eigenvalue weighted by Gasteiger charge is -2.27. The summed E-state index contributed by atoms with van der Waals surface area (Å²) in [7, 11) is 3.39. The van der Waals surface area contributed by atoms with Crippen LogP contribution in [0, 0.1) is 0 Å². The molecule has 3 rings (SSSR count). The molecule has 0 N–H and O–H groups in total. The van der Waals surface area contributed by atoms with Crippen molar-refractivity contribution < 1.29 is 9.47 Å². The lowest BCUT2D eigenvalue weighted by Crippen LogP contribution is -2.22. The molecular formula is C22H23NO2. The van der Waals surface area contributed by atoms with Crippen molar-refractivity contribution in [3.8, 4) is 11.5 Å². The standard InChI is InChI=1S/C22H23NO2/c1-24-20-13-14-22(25-2)21(15-20)23(16-18-9-5-3-6-10-18)17-19-11-7-4-8-12-19/h3-15H,16-17H2,1-2H3. The van der Waals surface area contributed by atoms with Crippen LogP contribution in [0.5, 0.6) is 11.5 Å². The Morgan fingerprint density at radius 3 is 1.72 bits per heavy atom. The third-order valence-electron chi connectivity index (χ3n) is 4.16. The molecule has 0 amide bonds. The molecule has 0 aromatic heterocycles. The second-order valence-corrected chi connectivity index (χ2v) is 5.87. The summed E-state index contributed by atoms with van der Waals surface area (Å²) in [6, 6.07) is 26.8. The van der Waals surface area contributed by atoms with E-state index in [0.717, 1.165) is 30.3 Å². The number of benzene rings is 3. The molecule has 0 aliphatic carbocycles. The van der Waals surface area contributed by atoms with Gasteiger partial charge in [0.2, 0.25) is 0 Å². The fraction of sp³-hybridized carbons (Fsp3) is 0.182. The van der Waals surface area contributed by atoms with Crippen molar-refractivity contribution in [2.45, 2.75) is 13.1 Å². The van der Waals surface area contributed by atoms with Crippen LogP contribution in [0.4, 0.5) is 5.69 Å². The highest BCUT2D eigenvalue weighted by Gasteiger charge is 2.15. The maximum absolute atomic E-state index is 5.60. The van der Waals surface area contributed by atoms with Crippen molar-refractivity contribution in [2.75, 3.05) is 19.1 Å². The van der Waals surface area contributed by atoms with Gasteiger partial charge >= 0.3 is 0 Å². The molecule has 0 saturated heterocycles. The highest BCUT2D eigenvalue weighted by molar-refractivity contribution is 5.62. The lowest BCUT2D eigenvalue weighted by atomic mass is 10.1. The van der Waals surface area contributed by atoms with Gasteiger partial charge in [-0.05, 0) is 23.3 Å². The Balaban J connectivity index is 1.98. The molecule has 0 saturated carbocycles. The molecule has 3 heteroatoms. The quantitative estimate of drug-likeness (QED) is 0.613. The summed E-state index contributed by atoms with van der Waals surface area (Å²) in [4.78, 5) is 2.31. The number of methoxy groups -OCH3 is 2. The van der Waals surface area contributed by atoms with Crippen LogP contribution in [-0.4, -0.2) is 14.2 Å². The number of hydrogen-bond donors (Lipinski definition) is 0. The van der Waals surface area contributed by atoms with E-state index in [-0.39, 0.29) is 0 Å². The minimum absolute atomic E-state index is 0.791. The van der Waals surface area contributed by atoms with Crippen LogP contribution >= 0.6 is 0 Å². The molecule has 0 atom stereocenters. The maximum atomic E-state index is 5.60. The van der Waals surface area contributed by atoms with Gasteiger partial charge in [0.05, 0.1) is 19.9 Å². The van der Waals surface area contributed by atoms with Crippen LogP contribution in [0.3, 0.4) is 0 Å². The second kappa shape index (κ2) is 8.25. The van der Waals surface area contributed by atoms with Gasteiger partial charge in [-0.2, -0.15) is 0 Å². The van der Waals surface area contributed by atoms with Crippen molar-refractivity contribution in [3.63, 3.8) is 0 Å². The molecule has 0 aliphatic rings. The molecule has 0 radical (unpaired) electrons. The second-order valence-electron chi connectivity index (χ2n) is 5.87. The molecule has 0 unspecified atom stereocenters. The minimum Gasteiger partial charge on any atom is -0.497 e. The normalized spacial score (nSPS) is 10.3. The van der Waals surface area contributed by atoms with E-state index in [1.54, 1.807) is 14.2 Å². The van der Waals surface area contributed by atoms with Crippen molar-refractivity contribution in [3.05, 3.63) is 90.0 Å². The minimum atomic E-state index is 0.791. The number of ether oxygens (including phenoxy) is 2. The highest BCUT2D eigenvalue weighted by atomic mass is 16.5. The topological polar surface area (TPSA) is 21.7 Å². The summed E-state index contributed by atoms with van der Waals surface area (Å²) in [5, 5.41) is 0. The van der Waals surface area contributed by atoms with E-state index in [1.165, 1.54) is 11.1 Å². The van der Waals surface area contributed by atoms with Gasteiger partial charge in [-0.15, -0.1) is 0 Å². The Morgan fingerprint density at radius 1 is 0.680 bits per heavy atom. The first kappa shape index (κ1) is 16.9. The highest BCUT2D eigenvalue weighted by Crippen LogP contribution is 2.34. The van der Waals surface area contributed by atoms with E-state index in [4.69, 9.17) is 9.47 Å². The van der Waals surface area contributed by atoms with E-state index in [0.29, 0.717) is 0 Å². The molecule has 25 heavy (non-hydrogen) atoms. The zero-order valence-electron chi connectivity index (χ0n) is 14.7. The molecule has 0 heterocycles. The third-order valence-corrected chi connectivity index (χ3v) is 4.16. The largest absolute Gasteiger partial charge is 0.497 e. The van der Waals surface area contributed by atoms with Crippen LogP contribution in [0.25, 0.3) is 0 Å². The number of rotatable bonds is 7. The average Bonchev–Trinajstić information content (AvgIpc) is 2.68. The summed E-state index contributed by atoms with van der Waals surface area (Å²) in [5.41, 5.74) is 3.53. The van der Waals surface area contributed by atoms with Crippen molar-refractivity contribution in [1.82, 2.24) is 0 Å². The van der Waals surface area contributed by atoms with Crippen LogP contribution < -0.4 is 14.4 Å². The SMILES string of the molecule is COc1ccc(OC)c(N(Cc2ccccc2)Cc2ccccc2)c1. The smallest absolute Gasteiger partial charge is 0.142 e. The molecule has 0 aliphatic heterocycles. The Hall–Kier alpha value is -2.94. The Bertz CT molecular complexity index is 746. The monoisotopic (exact) mass is 333 g/mol. The van der Waals surface area contributed by atoms with Gasteiger partial charge in [-0.25, -0.2) is 0 Å². The van der Waals surface area contributed by atoms with Gasteiger partial charge in [-0.1, -0.05) is 60.7 Å². The van der Waals surface area contributed by atoms with Crippen molar-refractivity contribution in [2.24, 2.45) is 0 Å². The van der Waals surface area contributed by atoms with Crippen LogP contribution in [0.1, 0.15) is 11.1 Å². The fourth-order valence-corrected chi connectivity index (χ4v) is 2.88. The Kier molecular flexibility index (Phi) is 5.57. The average molecular weight is 333 g/mol. The zero-order valence-corrected chi connectivity index (χ0v) is 14.7. The molecule has 0 spiro atoms. The maximum Gasteiger partial charge on any atom is 0.142 e. The molecule has 0 fully saturated rings. The fourth-order valence-electron chi connectivity index (χ4n) is 2.88. The van der Waals surface area contributed by atoms with Gasteiger partial charge in [0.1, 0.15) is 11.5 Å². The summed E-state index contributed by atoms with van der Waals surface area (Å²) >= 11 is 0. The summed E-state index contributed by atoms with van der Waals surface area (Å²) in [6.45, 7) is 1.58. The Labute approximate surface area is 149 Å². The van der Waals surface area contributed by atoms with E-state index in [1.807, 2.05) is 30.3 Å². The van der Waals surface area contributed by atoms with Gasteiger partial charge < -0.3 is 14.4 Å². The molecular weight excluding hydrogens is 310 g/mol. The lowest BCUT2D eigenvalue weighted by molar-refractivity contribution is 0.402. The first-order valence-electron chi connectivity index (χ1n) is 8.35. The van der Waals surface area contributed by atoms with Crippen LogP contribution in [-0.2, 0) is 13.1 Å². The molecule has 3 aromatic rings. The molecule has 3 aromatic carbocycles. The first-order valence-corrected chi connectivity index (χ1v) is 8.35. The van der Waals surface area contributed by atoms with Gasteiger partial charge in [0, 0.05) is 19.2 Å². The number of hydrogen-bond acceptors (Lipinski definition) is 3. The van der Waals surface area contributed by atoms with Gasteiger partial charge in [0.25, 0.3) is 0 Å². The van der Waals surface area contributed by atoms with Crippen molar-refractivity contribution in [1.29, 1.82) is 0 Å². The summed E-state index contributed by atoms with van der Waals surface area (Å²) < 4.78 is 11.0. The van der Waals surface area contributed by atoms with E-state index in [2.05, 4.69) is 53.4 Å². The zero-order chi connectivity index (χ0) is 17.5. The van der Waals surface area contributed by atoms with Crippen LogP contribution in [0.2, 0.25) is 0 Å². The van der Waals surface area contributed by atoms with E-state index >= 15 is 0 Å². The molecule has 0 bridgehead atoms. The van der Waals surface area contributed by atoms with E-state index in [9.17, 15) is 0 Å². The summed E-state index contributed by atoms with van der Waals surface area (Å²) in [5.74, 6) is 1.66. The van der Waals surface area contributed by atoms with Gasteiger partial charge in [0.15, 0.2) is 0 Å². The first-order chi connectivity index (χ1) is 12.3. The molecule has 3 nitrogen and oxygen atoms in total. The summed E-state index contributed by atoms with van der Waals surface area (Å²) in [6.07, 6.45) is 0.